The van der Waals surface area contributed by atoms with Crippen LogP contribution in [0.25, 0.3) is 0 Å². The quantitative estimate of drug-likeness (QED) is 0.908. The number of halogens is 2. The summed E-state index contributed by atoms with van der Waals surface area (Å²) < 4.78 is 29.8. The highest BCUT2D eigenvalue weighted by Gasteiger charge is 2.27. The molecule has 0 saturated carbocycles. The smallest absolute Gasteiger partial charge is 0.284 e. The van der Waals surface area contributed by atoms with Crippen LogP contribution in [-0.2, 0) is 5.75 Å². The van der Waals surface area contributed by atoms with Gasteiger partial charge in [-0.3, -0.25) is 4.79 Å². The van der Waals surface area contributed by atoms with Crippen molar-refractivity contribution in [1.82, 2.24) is 10.3 Å². The SMILES string of the molecule is O=C1NC(c2ccc(CSC(F)F)o2)Nc2ncccc21. The van der Waals surface area contributed by atoms with Crippen molar-refractivity contribution in [3.63, 3.8) is 0 Å². The molecule has 0 fully saturated rings. The second-order valence-corrected chi connectivity index (χ2v) is 5.30. The number of furan rings is 1. The van der Waals surface area contributed by atoms with E-state index in [0.717, 1.165) is 0 Å². The largest absolute Gasteiger partial charge is 0.461 e. The number of amides is 1. The van der Waals surface area contributed by atoms with E-state index >= 15 is 0 Å². The molecule has 0 saturated heterocycles. The number of carbonyl (C=O) groups excluding carboxylic acids is 1. The lowest BCUT2D eigenvalue weighted by Crippen LogP contribution is -2.38. The van der Waals surface area contributed by atoms with Crippen LogP contribution in [0, 0.1) is 0 Å². The number of thioether (sulfide) groups is 1. The van der Waals surface area contributed by atoms with Crippen LogP contribution >= 0.6 is 11.8 Å². The number of anilines is 1. The second kappa shape index (κ2) is 5.72. The molecule has 2 aromatic rings. The van der Waals surface area contributed by atoms with E-state index in [0.29, 0.717) is 34.7 Å². The molecule has 110 valence electrons. The molecular weight excluding hydrogens is 300 g/mol. The zero-order valence-electron chi connectivity index (χ0n) is 10.7. The van der Waals surface area contributed by atoms with Crippen LogP contribution in [0.4, 0.5) is 14.6 Å². The number of hydrogen-bond donors (Lipinski definition) is 2. The molecule has 5 nitrogen and oxygen atoms in total. The Labute approximate surface area is 123 Å². The Morgan fingerprint density at radius 3 is 3.00 bits per heavy atom. The molecule has 3 heterocycles. The van der Waals surface area contributed by atoms with Crippen LogP contribution < -0.4 is 10.6 Å². The van der Waals surface area contributed by atoms with E-state index in [4.69, 9.17) is 4.42 Å². The molecule has 1 aliphatic heterocycles. The third kappa shape index (κ3) is 2.99. The predicted octanol–water partition coefficient (Wildman–Crippen LogP) is 2.98. The lowest BCUT2D eigenvalue weighted by Gasteiger charge is -2.25. The number of fused-ring (bicyclic) bond motifs is 1. The molecule has 0 aromatic carbocycles. The van der Waals surface area contributed by atoms with Gasteiger partial charge < -0.3 is 15.1 Å². The average molecular weight is 311 g/mol. The summed E-state index contributed by atoms with van der Waals surface area (Å²) in [5, 5.41) is 5.76. The Morgan fingerprint density at radius 1 is 1.33 bits per heavy atom. The molecule has 0 radical (unpaired) electrons. The molecule has 1 atom stereocenters. The Balaban J connectivity index is 1.75. The van der Waals surface area contributed by atoms with Gasteiger partial charge in [0.25, 0.3) is 11.7 Å². The van der Waals surface area contributed by atoms with Crippen LogP contribution in [0.2, 0.25) is 0 Å². The van der Waals surface area contributed by atoms with Crippen LogP contribution in [0.3, 0.4) is 0 Å². The molecule has 1 aliphatic rings. The molecule has 0 aliphatic carbocycles. The highest BCUT2D eigenvalue weighted by molar-refractivity contribution is 7.98. The number of alkyl halides is 2. The Hall–Kier alpha value is -2.09. The zero-order chi connectivity index (χ0) is 14.8. The molecule has 1 amide bonds. The fraction of sp³-hybridized carbons (Fsp3) is 0.231. The second-order valence-electron chi connectivity index (χ2n) is 4.33. The van der Waals surface area contributed by atoms with E-state index in [2.05, 4.69) is 15.6 Å². The minimum absolute atomic E-state index is 0.0766. The Bertz CT molecular complexity index is 662. The maximum atomic E-state index is 12.1. The zero-order valence-corrected chi connectivity index (χ0v) is 11.5. The highest BCUT2D eigenvalue weighted by Crippen LogP contribution is 2.27. The van der Waals surface area contributed by atoms with Crippen molar-refractivity contribution in [2.24, 2.45) is 0 Å². The standard InChI is InChI=1S/C13H11F2N3O2S/c14-13(15)21-6-7-3-4-9(20-7)11-17-10-8(12(19)18-11)2-1-5-16-10/h1-5,11,13H,6H2,(H,16,17)(H,18,19). The summed E-state index contributed by atoms with van der Waals surface area (Å²) in [6, 6.07) is 6.60. The van der Waals surface area contributed by atoms with Crippen molar-refractivity contribution in [1.29, 1.82) is 0 Å². The molecule has 1 unspecified atom stereocenters. The van der Waals surface area contributed by atoms with Crippen molar-refractivity contribution in [2.45, 2.75) is 17.7 Å². The van der Waals surface area contributed by atoms with Crippen LogP contribution in [0.15, 0.2) is 34.9 Å². The number of carbonyl (C=O) groups is 1. The van der Waals surface area contributed by atoms with Crippen LogP contribution in [0.5, 0.6) is 0 Å². The maximum absolute atomic E-state index is 12.1. The number of aromatic nitrogens is 1. The van der Waals surface area contributed by atoms with Crippen LogP contribution in [0.1, 0.15) is 28.0 Å². The van der Waals surface area contributed by atoms with E-state index in [-0.39, 0.29) is 11.7 Å². The molecular formula is C13H11F2N3O2S. The van der Waals surface area contributed by atoms with Crippen molar-refractivity contribution < 1.29 is 18.0 Å². The number of hydrogen-bond acceptors (Lipinski definition) is 5. The summed E-state index contributed by atoms with van der Waals surface area (Å²) in [6.07, 6.45) is 1.01. The summed E-state index contributed by atoms with van der Waals surface area (Å²) in [5.74, 6) is -1.29. The van der Waals surface area contributed by atoms with Crippen molar-refractivity contribution in [2.75, 3.05) is 5.32 Å². The first-order valence-corrected chi connectivity index (χ1v) is 7.19. The van der Waals surface area contributed by atoms with Gasteiger partial charge in [0.1, 0.15) is 17.3 Å². The first-order valence-electron chi connectivity index (χ1n) is 6.14. The molecule has 2 aromatic heterocycles. The minimum atomic E-state index is -2.44. The monoisotopic (exact) mass is 311 g/mol. The van der Waals surface area contributed by atoms with Gasteiger partial charge in [0.15, 0.2) is 6.17 Å². The van der Waals surface area contributed by atoms with Gasteiger partial charge in [0, 0.05) is 6.20 Å². The lowest BCUT2D eigenvalue weighted by atomic mass is 10.2. The predicted molar refractivity (Wildman–Crippen MR) is 74.1 cm³/mol. The van der Waals surface area contributed by atoms with Crippen LogP contribution in [-0.4, -0.2) is 16.6 Å². The normalized spacial score (nSPS) is 17.3. The van der Waals surface area contributed by atoms with Crippen molar-refractivity contribution >= 4 is 23.5 Å². The third-order valence-corrected chi connectivity index (χ3v) is 3.63. The topological polar surface area (TPSA) is 67.2 Å². The van der Waals surface area contributed by atoms with E-state index in [1.807, 2.05) is 0 Å². The van der Waals surface area contributed by atoms with E-state index < -0.39 is 11.9 Å². The minimum Gasteiger partial charge on any atom is -0.461 e. The number of pyridine rings is 1. The Kier molecular flexibility index (Phi) is 3.78. The fourth-order valence-electron chi connectivity index (χ4n) is 2.00. The molecule has 8 heteroatoms. The first-order chi connectivity index (χ1) is 10.1. The fourth-order valence-corrected chi connectivity index (χ4v) is 2.45. The van der Waals surface area contributed by atoms with Gasteiger partial charge in [-0.05, 0) is 24.3 Å². The van der Waals surface area contributed by atoms with Gasteiger partial charge in [0.05, 0.1) is 11.3 Å². The Morgan fingerprint density at radius 2 is 2.19 bits per heavy atom. The third-order valence-electron chi connectivity index (χ3n) is 2.93. The van der Waals surface area contributed by atoms with Crippen molar-refractivity contribution in [3.8, 4) is 0 Å². The molecule has 21 heavy (non-hydrogen) atoms. The average Bonchev–Trinajstić information content (AvgIpc) is 2.94. The summed E-state index contributed by atoms with van der Waals surface area (Å²) in [4.78, 5) is 16.0. The van der Waals surface area contributed by atoms with Gasteiger partial charge in [0.2, 0.25) is 0 Å². The van der Waals surface area contributed by atoms with E-state index in [1.165, 1.54) is 0 Å². The highest BCUT2D eigenvalue weighted by atomic mass is 32.2. The summed E-state index contributed by atoms with van der Waals surface area (Å²) in [5.41, 5.74) is 0.453. The summed E-state index contributed by atoms with van der Waals surface area (Å²) in [7, 11) is 0. The molecule has 0 spiro atoms. The van der Waals surface area contributed by atoms with Gasteiger partial charge in [-0.25, -0.2) is 4.98 Å². The van der Waals surface area contributed by atoms with Gasteiger partial charge in [-0.15, -0.1) is 0 Å². The molecule has 3 rings (SSSR count). The number of nitrogens with zero attached hydrogens (tertiary/aromatic N) is 1. The van der Waals surface area contributed by atoms with E-state index in [9.17, 15) is 13.6 Å². The van der Waals surface area contributed by atoms with Gasteiger partial charge in [-0.2, -0.15) is 8.78 Å². The number of rotatable bonds is 4. The first kappa shape index (κ1) is 13.9. The van der Waals surface area contributed by atoms with Crippen molar-refractivity contribution in [3.05, 3.63) is 47.5 Å². The molecule has 0 bridgehead atoms. The maximum Gasteiger partial charge on any atom is 0.284 e. The number of nitrogens with one attached hydrogen (secondary N) is 2. The van der Waals surface area contributed by atoms with Gasteiger partial charge >= 0.3 is 0 Å². The summed E-state index contributed by atoms with van der Waals surface area (Å²) in [6.45, 7) is 0. The summed E-state index contributed by atoms with van der Waals surface area (Å²) >= 11 is 0.486. The van der Waals surface area contributed by atoms with Gasteiger partial charge in [-0.1, -0.05) is 11.8 Å². The van der Waals surface area contributed by atoms with E-state index in [1.54, 1.807) is 30.5 Å². The molecule has 2 N–H and O–H groups in total. The lowest BCUT2D eigenvalue weighted by molar-refractivity contribution is 0.0930.